The highest BCUT2D eigenvalue weighted by atomic mass is 16.5. The molecule has 1 aromatic rings. The monoisotopic (exact) mass is 264 g/mol. The summed E-state index contributed by atoms with van der Waals surface area (Å²) < 4.78 is 0. The van der Waals surface area contributed by atoms with Crippen LogP contribution in [-0.2, 0) is 18.2 Å². The topological polar surface area (TPSA) is 43.4 Å². The van der Waals surface area contributed by atoms with Crippen molar-refractivity contribution in [1.82, 2.24) is 5.06 Å². The second-order valence-electron chi connectivity index (χ2n) is 5.78. The SMILES string of the molecule is CCCCCc1ccc(CN([O])C(C)(C)CO)cc1. The minimum Gasteiger partial charge on any atom is -0.394 e. The summed E-state index contributed by atoms with van der Waals surface area (Å²) in [6, 6.07) is 8.23. The Hall–Kier alpha value is -0.900. The number of aryl methyl sites for hydroxylation is 1. The number of hydrogen-bond donors (Lipinski definition) is 1. The van der Waals surface area contributed by atoms with E-state index in [1.165, 1.54) is 24.8 Å². The van der Waals surface area contributed by atoms with Gasteiger partial charge in [-0.1, -0.05) is 44.0 Å². The van der Waals surface area contributed by atoms with Crippen LogP contribution in [0.2, 0.25) is 0 Å². The first-order valence-electron chi connectivity index (χ1n) is 7.13. The van der Waals surface area contributed by atoms with Gasteiger partial charge in [0.05, 0.1) is 18.7 Å². The molecule has 19 heavy (non-hydrogen) atoms. The van der Waals surface area contributed by atoms with E-state index >= 15 is 0 Å². The van der Waals surface area contributed by atoms with Crippen LogP contribution in [0.3, 0.4) is 0 Å². The Morgan fingerprint density at radius 1 is 1.11 bits per heavy atom. The maximum absolute atomic E-state index is 11.9. The molecule has 0 atom stereocenters. The van der Waals surface area contributed by atoms with Gasteiger partial charge in [0.15, 0.2) is 0 Å². The molecular formula is C16H26NO2. The molecule has 0 saturated carbocycles. The minimum atomic E-state index is -0.722. The molecule has 0 aromatic heterocycles. The molecule has 1 rings (SSSR count). The summed E-state index contributed by atoms with van der Waals surface area (Å²) in [7, 11) is 0. The highest BCUT2D eigenvalue weighted by molar-refractivity contribution is 5.22. The van der Waals surface area contributed by atoms with Gasteiger partial charge >= 0.3 is 0 Å². The number of hydrogen-bond acceptors (Lipinski definition) is 2. The van der Waals surface area contributed by atoms with Gasteiger partial charge in [-0.05, 0) is 37.8 Å². The third-order valence-corrected chi connectivity index (χ3v) is 3.48. The van der Waals surface area contributed by atoms with Crippen LogP contribution < -0.4 is 0 Å². The van der Waals surface area contributed by atoms with Crippen LogP contribution in [0.4, 0.5) is 0 Å². The molecule has 0 bridgehead atoms. The van der Waals surface area contributed by atoms with Gasteiger partial charge in [-0.25, -0.2) is 0 Å². The molecule has 1 N–H and O–H groups in total. The van der Waals surface area contributed by atoms with E-state index in [1.807, 2.05) is 12.1 Å². The Morgan fingerprint density at radius 2 is 1.68 bits per heavy atom. The van der Waals surface area contributed by atoms with Gasteiger partial charge in [-0.15, -0.1) is 10.3 Å². The molecule has 3 nitrogen and oxygen atoms in total. The summed E-state index contributed by atoms with van der Waals surface area (Å²) in [5.74, 6) is 0. The highest BCUT2D eigenvalue weighted by Crippen LogP contribution is 2.16. The largest absolute Gasteiger partial charge is 0.394 e. The van der Waals surface area contributed by atoms with Crippen LogP contribution in [-0.4, -0.2) is 22.3 Å². The first-order valence-corrected chi connectivity index (χ1v) is 7.13. The Bertz CT molecular complexity index is 360. The molecule has 0 aliphatic heterocycles. The minimum absolute atomic E-state index is 0.133. The fourth-order valence-corrected chi connectivity index (χ4v) is 1.85. The van der Waals surface area contributed by atoms with Crippen LogP contribution >= 0.6 is 0 Å². The smallest absolute Gasteiger partial charge is 0.0671 e. The van der Waals surface area contributed by atoms with Crippen molar-refractivity contribution in [2.45, 2.75) is 58.5 Å². The maximum atomic E-state index is 11.9. The highest BCUT2D eigenvalue weighted by Gasteiger charge is 2.25. The number of hydroxylamine groups is 2. The Morgan fingerprint density at radius 3 is 2.21 bits per heavy atom. The molecule has 107 valence electrons. The molecule has 0 fully saturated rings. The summed E-state index contributed by atoms with van der Waals surface area (Å²) in [5, 5.41) is 22.0. The molecule has 1 radical (unpaired) electrons. The Balaban J connectivity index is 2.52. The summed E-state index contributed by atoms with van der Waals surface area (Å²) in [6.45, 7) is 5.89. The summed E-state index contributed by atoms with van der Waals surface area (Å²) >= 11 is 0. The Kier molecular flexibility index (Phi) is 6.49. The number of nitrogens with zero attached hydrogens (tertiary/aromatic N) is 1. The molecule has 0 spiro atoms. The third kappa shape index (κ3) is 5.31. The van der Waals surface area contributed by atoms with Crippen molar-refractivity contribution in [3.63, 3.8) is 0 Å². The summed E-state index contributed by atoms with van der Waals surface area (Å²) in [4.78, 5) is 0. The van der Waals surface area contributed by atoms with Crippen LogP contribution in [0.25, 0.3) is 0 Å². The number of aliphatic hydroxyl groups excluding tert-OH is 1. The average Bonchev–Trinajstić information content (AvgIpc) is 2.41. The molecule has 0 aliphatic carbocycles. The van der Waals surface area contributed by atoms with Crippen LogP contribution in [0.15, 0.2) is 24.3 Å². The summed E-state index contributed by atoms with van der Waals surface area (Å²) in [6.07, 6.45) is 4.83. The van der Waals surface area contributed by atoms with Crippen LogP contribution in [0.5, 0.6) is 0 Å². The van der Waals surface area contributed by atoms with E-state index in [9.17, 15) is 5.21 Å². The zero-order valence-corrected chi connectivity index (χ0v) is 12.4. The molecule has 0 heterocycles. The first-order chi connectivity index (χ1) is 8.99. The lowest BCUT2D eigenvalue weighted by Gasteiger charge is -2.29. The lowest BCUT2D eigenvalue weighted by molar-refractivity contribution is -0.233. The van der Waals surface area contributed by atoms with Crippen LogP contribution in [0, 0.1) is 0 Å². The second kappa shape index (κ2) is 7.63. The van der Waals surface area contributed by atoms with Crippen molar-refractivity contribution in [2.24, 2.45) is 0 Å². The Labute approximate surface area is 116 Å². The molecule has 0 unspecified atom stereocenters. The molecule has 3 heteroatoms. The van der Waals surface area contributed by atoms with Gasteiger partial charge < -0.3 is 5.11 Å². The summed E-state index contributed by atoms with van der Waals surface area (Å²) in [5.41, 5.74) is 1.60. The van der Waals surface area contributed by atoms with Gasteiger partial charge in [0.25, 0.3) is 0 Å². The predicted octanol–water partition coefficient (Wildman–Crippen LogP) is 3.34. The molecule has 0 saturated heterocycles. The van der Waals surface area contributed by atoms with Crippen LogP contribution in [0.1, 0.15) is 51.2 Å². The van der Waals surface area contributed by atoms with Crippen molar-refractivity contribution >= 4 is 0 Å². The molecule has 0 amide bonds. The second-order valence-corrected chi connectivity index (χ2v) is 5.78. The quantitative estimate of drug-likeness (QED) is 0.578. The van der Waals surface area contributed by atoms with E-state index in [0.717, 1.165) is 17.0 Å². The van der Waals surface area contributed by atoms with Crippen molar-refractivity contribution in [3.05, 3.63) is 35.4 Å². The van der Waals surface area contributed by atoms with Gasteiger partial charge in [0.1, 0.15) is 0 Å². The zero-order chi connectivity index (χ0) is 14.3. The van der Waals surface area contributed by atoms with Crippen molar-refractivity contribution in [1.29, 1.82) is 0 Å². The fourth-order valence-electron chi connectivity index (χ4n) is 1.85. The lowest BCUT2D eigenvalue weighted by atomic mass is 10.0. The van der Waals surface area contributed by atoms with E-state index in [1.54, 1.807) is 13.8 Å². The van der Waals surface area contributed by atoms with Gasteiger partial charge in [-0.2, -0.15) is 0 Å². The molecule has 0 aliphatic rings. The third-order valence-electron chi connectivity index (χ3n) is 3.48. The van der Waals surface area contributed by atoms with Crippen molar-refractivity contribution in [3.8, 4) is 0 Å². The van der Waals surface area contributed by atoms with Crippen molar-refractivity contribution < 1.29 is 10.3 Å². The van der Waals surface area contributed by atoms with Gasteiger partial charge in [0.2, 0.25) is 0 Å². The fraction of sp³-hybridized carbons (Fsp3) is 0.625. The molecule has 1 aromatic carbocycles. The number of aliphatic hydroxyl groups is 1. The standard InChI is InChI=1S/C16H26NO2/c1-4-5-6-7-14-8-10-15(11-9-14)12-17(19)16(2,3)13-18/h8-11,18H,4-7,12-13H2,1-3H3. The molecular weight excluding hydrogens is 238 g/mol. The average molecular weight is 264 g/mol. The first kappa shape index (κ1) is 16.2. The zero-order valence-electron chi connectivity index (χ0n) is 12.4. The normalized spacial score (nSPS) is 12.1. The van der Waals surface area contributed by atoms with Gasteiger partial charge in [-0.3, -0.25) is 0 Å². The van der Waals surface area contributed by atoms with E-state index in [2.05, 4.69) is 19.1 Å². The van der Waals surface area contributed by atoms with E-state index < -0.39 is 5.54 Å². The van der Waals surface area contributed by atoms with Crippen molar-refractivity contribution in [2.75, 3.05) is 6.61 Å². The number of rotatable bonds is 8. The lowest BCUT2D eigenvalue weighted by Crippen LogP contribution is -2.43. The van der Waals surface area contributed by atoms with Gasteiger partial charge in [0, 0.05) is 0 Å². The predicted molar refractivity (Wildman–Crippen MR) is 77.1 cm³/mol. The maximum Gasteiger partial charge on any atom is 0.0671 e. The number of unbranched alkanes of at least 4 members (excludes halogenated alkanes) is 2. The number of benzene rings is 1. The van der Waals surface area contributed by atoms with E-state index in [0.29, 0.717) is 6.54 Å². The van der Waals surface area contributed by atoms with E-state index in [4.69, 9.17) is 5.11 Å². The van der Waals surface area contributed by atoms with E-state index in [-0.39, 0.29) is 6.61 Å².